The van der Waals surface area contributed by atoms with Crippen LogP contribution in [0, 0.1) is 5.82 Å². The van der Waals surface area contributed by atoms with E-state index in [-0.39, 0.29) is 17.3 Å². The zero-order valence-corrected chi connectivity index (χ0v) is 21.4. The summed E-state index contributed by atoms with van der Waals surface area (Å²) >= 11 is 0. The van der Waals surface area contributed by atoms with Crippen LogP contribution in [0.2, 0.25) is 0 Å². The molecule has 4 heterocycles. The highest BCUT2D eigenvalue weighted by Crippen LogP contribution is 2.30. The lowest BCUT2D eigenvalue weighted by molar-refractivity contribution is -0.137. The molecule has 1 aliphatic heterocycles. The fourth-order valence-electron chi connectivity index (χ4n) is 4.33. The lowest BCUT2D eigenvalue weighted by Gasteiger charge is -2.29. The minimum Gasteiger partial charge on any atom is -0.378 e. The van der Waals surface area contributed by atoms with Gasteiger partial charge in [-0.3, -0.25) is 4.98 Å². The summed E-state index contributed by atoms with van der Waals surface area (Å²) in [4.78, 5) is 18.9. The molecule has 1 aliphatic rings. The van der Waals surface area contributed by atoms with E-state index in [4.69, 9.17) is 4.74 Å². The third-order valence-electron chi connectivity index (χ3n) is 6.41. The van der Waals surface area contributed by atoms with Crippen molar-refractivity contribution in [2.24, 2.45) is 0 Å². The molecule has 6 rings (SSSR count). The molecule has 1 N–H and O–H groups in total. The van der Waals surface area contributed by atoms with Crippen LogP contribution in [-0.2, 0) is 10.9 Å². The van der Waals surface area contributed by atoms with Crippen LogP contribution in [0.4, 0.5) is 34.9 Å². The molecule has 0 spiro atoms. The van der Waals surface area contributed by atoms with Crippen molar-refractivity contribution in [1.82, 2.24) is 29.7 Å². The second kappa shape index (κ2) is 10.9. The fourth-order valence-corrected chi connectivity index (χ4v) is 4.33. The summed E-state index contributed by atoms with van der Waals surface area (Å²) in [6.45, 7) is 2.58. The highest BCUT2D eigenvalue weighted by molar-refractivity contribution is 5.67. The van der Waals surface area contributed by atoms with E-state index in [1.807, 2.05) is 6.07 Å². The molecular formula is C28H22F4N8O. The molecule has 41 heavy (non-hydrogen) atoms. The quantitative estimate of drug-likeness (QED) is 0.270. The van der Waals surface area contributed by atoms with Crippen molar-refractivity contribution in [3.63, 3.8) is 0 Å². The average Bonchev–Trinajstić information content (AvgIpc) is 3.48. The van der Waals surface area contributed by atoms with Gasteiger partial charge in [-0.05, 0) is 60.7 Å². The first-order chi connectivity index (χ1) is 19.8. The molecular weight excluding hydrogens is 540 g/mol. The van der Waals surface area contributed by atoms with Crippen molar-refractivity contribution in [1.29, 1.82) is 0 Å². The van der Waals surface area contributed by atoms with Gasteiger partial charge >= 0.3 is 6.18 Å². The lowest BCUT2D eigenvalue weighted by Crippen LogP contribution is -2.36. The van der Waals surface area contributed by atoms with Gasteiger partial charge in [-0.15, -0.1) is 5.10 Å². The smallest absolute Gasteiger partial charge is 0.378 e. The SMILES string of the molecule is Fc1cc(-c2ccnc(Nc3ccc(-n4cnc(-c5ccc(C(F)(F)F)cn5)n4)cc3)n2)cc(N2CCOCC2)c1. The molecule has 0 radical (unpaired) electrons. The van der Waals surface area contributed by atoms with Gasteiger partial charge in [0.15, 0.2) is 5.82 Å². The number of hydrogen-bond donors (Lipinski definition) is 1. The minimum absolute atomic E-state index is 0.195. The largest absolute Gasteiger partial charge is 0.417 e. The number of nitrogens with zero attached hydrogens (tertiary/aromatic N) is 7. The van der Waals surface area contributed by atoms with E-state index in [0.717, 1.165) is 18.0 Å². The topological polar surface area (TPSA) is 93.9 Å². The maximum atomic E-state index is 14.5. The van der Waals surface area contributed by atoms with E-state index in [1.54, 1.807) is 36.5 Å². The Kier molecular flexibility index (Phi) is 7.01. The maximum absolute atomic E-state index is 14.5. The van der Waals surface area contributed by atoms with E-state index < -0.39 is 11.7 Å². The summed E-state index contributed by atoms with van der Waals surface area (Å²) in [6.07, 6.45) is -0.657. The van der Waals surface area contributed by atoms with Crippen LogP contribution < -0.4 is 10.2 Å². The molecule has 0 amide bonds. The summed E-state index contributed by atoms with van der Waals surface area (Å²) in [5.74, 6) is 0.183. The molecule has 1 saturated heterocycles. The number of anilines is 3. The molecule has 13 heteroatoms. The Morgan fingerprint density at radius 3 is 2.37 bits per heavy atom. The van der Waals surface area contributed by atoms with Crippen molar-refractivity contribution in [3.8, 4) is 28.5 Å². The number of morpholine rings is 1. The summed E-state index contributed by atoms with van der Waals surface area (Å²) in [6, 6.07) is 15.9. The molecule has 0 saturated carbocycles. The molecule has 0 atom stereocenters. The minimum atomic E-state index is -4.47. The number of pyridine rings is 1. The number of aromatic nitrogens is 6. The van der Waals surface area contributed by atoms with Gasteiger partial charge in [0, 0.05) is 42.4 Å². The normalized spacial score (nSPS) is 13.8. The summed E-state index contributed by atoms with van der Waals surface area (Å²) in [7, 11) is 0. The highest BCUT2D eigenvalue weighted by atomic mass is 19.4. The van der Waals surface area contributed by atoms with Crippen LogP contribution in [0.3, 0.4) is 0 Å². The third-order valence-corrected chi connectivity index (χ3v) is 6.41. The van der Waals surface area contributed by atoms with E-state index in [0.29, 0.717) is 54.9 Å². The summed E-state index contributed by atoms with van der Waals surface area (Å²) < 4.78 is 59.8. The predicted molar refractivity (Wildman–Crippen MR) is 143 cm³/mol. The Hall–Kier alpha value is -4.91. The highest BCUT2D eigenvalue weighted by Gasteiger charge is 2.30. The Labute approximate surface area is 231 Å². The molecule has 0 unspecified atom stereocenters. The zero-order valence-electron chi connectivity index (χ0n) is 21.4. The van der Waals surface area contributed by atoms with Crippen molar-refractivity contribution >= 4 is 17.3 Å². The van der Waals surface area contributed by atoms with Crippen molar-refractivity contribution in [3.05, 3.63) is 90.8 Å². The molecule has 5 aromatic rings. The Morgan fingerprint density at radius 1 is 0.829 bits per heavy atom. The van der Waals surface area contributed by atoms with Gasteiger partial charge in [0.1, 0.15) is 17.8 Å². The Balaban J connectivity index is 1.16. The second-order valence-electron chi connectivity index (χ2n) is 9.18. The number of benzene rings is 2. The Morgan fingerprint density at radius 2 is 1.63 bits per heavy atom. The second-order valence-corrected chi connectivity index (χ2v) is 9.18. The predicted octanol–water partition coefficient (Wildman–Crippen LogP) is 5.52. The van der Waals surface area contributed by atoms with Crippen molar-refractivity contribution in [2.45, 2.75) is 6.18 Å². The summed E-state index contributed by atoms with van der Waals surface area (Å²) in [5, 5.41) is 7.47. The average molecular weight is 563 g/mol. The number of nitrogens with one attached hydrogen (secondary N) is 1. The molecule has 2 aromatic carbocycles. The third kappa shape index (κ3) is 5.99. The van der Waals surface area contributed by atoms with Crippen LogP contribution in [0.15, 0.2) is 79.4 Å². The molecule has 0 bridgehead atoms. The first kappa shape index (κ1) is 26.3. The molecule has 0 aliphatic carbocycles. The number of ether oxygens (including phenoxy) is 1. The standard InChI is InChI=1S/C28H22F4N8O/c29-20-13-18(14-23(15-20)39-9-11-41-12-10-39)24-7-8-33-27(37-24)36-21-2-4-22(5-3-21)40-17-35-26(38-40)25-6-1-19(16-34-25)28(30,31)32/h1-8,13-17H,9-12H2,(H,33,36,37). The zero-order chi connectivity index (χ0) is 28.4. The molecule has 1 fully saturated rings. The van der Waals surface area contributed by atoms with E-state index in [9.17, 15) is 17.6 Å². The lowest BCUT2D eigenvalue weighted by atomic mass is 10.1. The van der Waals surface area contributed by atoms with Crippen LogP contribution in [0.1, 0.15) is 5.56 Å². The number of halogens is 4. The molecule has 9 nitrogen and oxygen atoms in total. The Bertz CT molecular complexity index is 1650. The van der Waals surface area contributed by atoms with E-state index in [1.165, 1.54) is 29.2 Å². The van der Waals surface area contributed by atoms with Crippen LogP contribution in [-0.4, -0.2) is 56.0 Å². The maximum Gasteiger partial charge on any atom is 0.417 e. The van der Waals surface area contributed by atoms with Gasteiger partial charge in [0.05, 0.1) is 30.2 Å². The van der Waals surface area contributed by atoms with Gasteiger partial charge in [-0.1, -0.05) is 0 Å². The van der Waals surface area contributed by atoms with Gasteiger partial charge in [-0.25, -0.2) is 24.0 Å². The van der Waals surface area contributed by atoms with Gasteiger partial charge in [-0.2, -0.15) is 13.2 Å². The van der Waals surface area contributed by atoms with Crippen molar-refractivity contribution < 1.29 is 22.3 Å². The van der Waals surface area contributed by atoms with Crippen LogP contribution in [0.5, 0.6) is 0 Å². The number of rotatable bonds is 6. The summed E-state index contributed by atoms with van der Waals surface area (Å²) in [5.41, 5.74) is 2.74. The first-order valence-corrected chi connectivity index (χ1v) is 12.6. The van der Waals surface area contributed by atoms with Gasteiger partial charge in [0.2, 0.25) is 5.95 Å². The number of hydrogen-bond acceptors (Lipinski definition) is 8. The first-order valence-electron chi connectivity index (χ1n) is 12.6. The van der Waals surface area contributed by atoms with E-state index >= 15 is 0 Å². The van der Waals surface area contributed by atoms with Gasteiger partial charge < -0.3 is 15.0 Å². The molecule has 3 aromatic heterocycles. The van der Waals surface area contributed by atoms with Crippen molar-refractivity contribution in [2.75, 3.05) is 36.5 Å². The van der Waals surface area contributed by atoms with E-state index in [2.05, 4.69) is 35.3 Å². The van der Waals surface area contributed by atoms with Crippen LogP contribution in [0.25, 0.3) is 28.5 Å². The fraction of sp³-hybridized carbons (Fsp3) is 0.179. The monoisotopic (exact) mass is 562 g/mol. The van der Waals surface area contributed by atoms with Crippen LogP contribution >= 0.6 is 0 Å². The van der Waals surface area contributed by atoms with Gasteiger partial charge in [0.25, 0.3) is 0 Å². The molecule has 208 valence electrons. The number of alkyl halides is 3.